The molecular formula is C17H20N2O5. The fraction of sp³-hybridized carbons (Fsp3) is 0.471. The van der Waals surface area contributed by atoms with Gasteiger partial charge in [0.1, 0.15) is 6.10 Å². The minimum absolute atomic E-state index is 0.00630. The number of carboxylic acids is 1. The summed E-state index contributed by atoms with van der Waals surface area (Å²) in [7, 11) is 0. The molecule has 0 radical (unpaired) electrons. The van der Waals surface area contributed by atoms with E-state index in [-0.39, 0.29) is 11.8 Å². The highest BCUT2D eigenvalue weighted by Gasteiger charge is 2.34. The first-order chi connectivity index (χ1) is 11.5. The lowest BCUT2D eigenvalue weighted by atomic mass is 10.0. The molecule has 2 aliphatic rings. The van der Waals surface area contributed by atoms with Gasteiger partial charge in [0.05, 0.1) is 0 Å². The minimum atomic E-state index is -1.04. The highest BCUT2D eigenvalue weighted by molar-refractivity contribution is 5.96. The molecule has 0 aromatic heterocycles. The van der Waals surface area contributed by atoms with Crippen LogP contribution < -0.4 is 10.2 Å². The third kappa shape index (κ3) is 3.26. The summed E-state index contributed by atoms with van der Waals surface area (Å²) in [6.07, 6.45) is 0.820. The molecule has 0 aliphatic carbocycles. The predicted molar refractivity (Wildman–Crippen MR) is 87.0 cm³/mol. The third-order valence-electron chi connectivity index (χ3n) is 4.43. The summed E-state index contributed by atoms with van der Waals surface area (Å²) in [5.41, 5.74) is 2.53. The first-order valence-electron chi connectivity index (χ1n) is 8.06. The first kappa shape index (κ1) is 16.4. The maximum absolute atomic E-state index is 12.2. The number of fused-ring (bicyclic) bond motifs is 1. The maximum atomic E-state index is 12.2. The number of ether oxygens (including phenoxy) is 1. The van der Waals surface area contributed by atoms with Crippen molar-refractivity contribution in [1.29, 1.82) is 0 Å². The van der Waals surface area contributed by atoms with E-state index in [0.717, 1.165) is 24.1 Å². The average Bonchev–Trinajstić information content (AvgIpc) is 3.04. The average molecular weight is 332 g/mol. The lowest BCUT2D eigenvalue weighted by Gasteiger charge is -2.29. The van der Waals surface area contributed by atoms with Gasteiger partial charge >= 0.3 is 5.97 Å². The normalized spacial score (nSPS) is 22.8. The second-order valence-corrected chi connectivity index (χ2v) is 6.14. The van der Waals surface area contributed by atoms with E-state index in [1.165, 1.54) is 0 Å². The molecule has 128 valence electrons. The Labute approximate surface area is 139 Å². The van der Waals surface area contributed by atoms with E-state index in [2.05, 4.69) is 5.32 Å². The van der Waals surface area contributed by atoms with Crippen LogP contribution in [0.1, 0.15) is 31.7 Å². The van der Waals surface area contributed by atoms with Crippen molar-refractivity contribution < 1.29 is 24.2 Å². The molecule has 1 aromatic carbocycles. The van der Waals surface area contributed by atoms with E-state index >= 15 is 0 Å². The van der Waals surface area contributed by atoms with Crippen molar-refractivity contribution in [3.05, 3.63) is 23.8 Å². The maximum Gasteiger partial charge on any atom is 0.332 e. The molecule has 2 N–H and O–H groups in total. The third-order valence-corrected chi connectivity index (χ3v) is 4.43. The zero-order valence-electron chi connectivity index (χ0n) is 13.4. The van der Waals surface area contributed by atoms with E-state index in [9.17, 15) is 14.4 Å². The van der Waals surface area contributed by atoms with Crippen molar-refractivity contribution in [3.8, 4) is 0 Å². The van der Waals surface area contributed by atoms with Gasteiger partial charge in [0.25, 0.3) is 5.91 Å². The fourth-order valence-corrected chi connectivity index (χ4v) is 3.24. The molecule has 1 saturated heterocycles. The van der Waals surface area contributed by atoms with E-state index in [1.54, 1.807) is 17.9 Å². The van der Waals surface area contributed by atoms with Crippen LogP contribution in [0.25, 0.3) is 0 Å². The number of aryl methyl sites for hydroxylation is 1. The fourth-order valence-electron chi connectivity index (χ4n) is 3.24. The largest absolute Gasteiger partial charge is 0.479 e. The Bertz CT molecular complexity index is 688. The van der Waals surface area contributed by atoms with Gasteiger partial charge < -0.3 is 20.1 Å². The number of rotatable bonds is 3. The molecule has 24 heavy (non-hydrogen) atoms. The number of amides is 2. The second kappa shape index (κ2) is 6.60. The topological polar surface area (TPSA) is 95.9 Å². The van der Waals surface area contributed by atoms with Crippen molar-refractivity contribution in [2.75, 3.05) is 16.8 Å². The van der Waals surface area contributed by atoms with Gasteiger partial charge in [-0.05, 0) is 49.4 Å². The summed E-state index contributed by atoms with van der Waals surface area (Å²) in [5.74, 6) is -1.37. The van der Waals surface area contributed by atoms with Crippen molar-refractivity contribution in [3.63, 3.8) is 0 Å². The summed E-state index contributed by atoms with van der Waals surface area (Å²) in [5, 5.41) is 11.7. The van der Waals surface area contributed by atoms with Gasteiger partial charge in [-0.25, -0.2) is 4.79 Å². The molecule has 0 bridgehead atoms. The van der Waals surface area contributed by atoms with Crippen LogP contribution in [0, 0.1) is 0 Å². The molecule has 1 aromatic rings. The highest BCUT2D eigenvalue weighted by Crippen LogP contribution is 2.30. The standard InChI is InChI=1S/C17H20N2O5/c1-10(20)19-8-2-3-11-9-12(4-5-13(11)19)18-16(21)14-6-7-15(24-14)17(22)23/h4-5,9,14-15H,2-3,6-8H2,1H3,(H,18,21)(H,22,23)/t14-,15+/m0/s1. The molecule has 1 fully saturated rings. The van der Waals surface area contributed by atoms with Gasteiger partial charge in [0.2, 0.25) is 5.91 Å². The van der Waals surface area contributed by atoms with Gasteiger partial charge in [-0.3, -0.25) is 9.59 Å². The molecule has 2 atom stereocenters. The van der Waals surface area contributed by atoms with Crippen molar-refractivity contribution in [2.24, 2.45) is 0 Å². The van der Waals surface area contributed by atoms with E-state index in [1.807, 2.05) is 12.1 Å². The SMILES string of the molecule is CC(=O)N1CCCc2cc(NC(=O)[C@@H]3CC[C@H](C(=O)O)O3)ccc21. The molecule has 0 spiro atoms. The molecule has 0 unspecified atom stereocenters. The summed E-state index contributed by atoms with van der Waals surface area (Å²) < 4.78 is 5.25. The summed E-state index contributed by atoms with van der Waals surface area (Å²) in [6, 6.07) is 5.45. The lowest BCUT2D eigenvalue weighted by molar-refractivity contribution is -0.150. The molecule has 2 aliphatic heterocycles. The lowest BCUT2D eigenvalue weighted by Crippen LogP contribution is -2.33. The molecular weight excluding hydrogens is 312 g/mol. The van der Waals surface area contributed by atoms with E-state index in [0.29, 0.717) is 25.1 Å². The van der Waals surface area contributed by atoms with Crippen molar-refractivity contribution >= 4 is 29.2 Å². The zero-order chi connectivity index (χ0) is 17.3. The number of anilines is 2. The summed E-state index contributed by atoms with van der Waals surface area (Å²) >= 11 is 0. The van der Waals surface area contributed by atoms with Crippen LogP contribution >= 0.6 is 0 Å². The van der Waals surface area contributed by atoms with Gasteiger partial charge in [-0.1, -0.05) is 0 Å². The number of hydrogen-bond acceptors (Lipinski definition) is 4. The van der Waals surface area contributed by atoms with Crippen LogP contribution in [0.5, 0.6) is 0 Å². The van der Waals surface area contributed by atoms with Crippen LogP contribution in [0.4, 0.5) is 11.4 Å². The summed E-state index contributed by atoms with van der Waals surface area (Å²) in [4.78, 5) is 36.5. The first-order valence-corrected chi connectivity index (χ1v) is 8.06. The van der Waals surface area contributed by atoms with Crippen LogP contribution in [0.15, 0.2) is 18.2 Å². The van der Waals surface area contributed by atoms with Gasteiger partial charge in [0, 0.05) is 24.8 Å². The zero-order valence-corrected chi connectivity index (χ0v) is 13.4. The molecule has 0 saturated carbocycles. The Morgan fingerprint density at radius 2 is 2.00 bits per heavy atom. The van der Waals surface area contributed by atoms with Crippen LogP contribution in [-0.4, -0.2) is 41.6 Å². The van der Waals surface area contributed by atoms with Crippen LogP contribution in [-0.2, 0) is 25.5 Å². The summed E-state index contributed by atoms with van der Waals surface area (Å²) in [6.45, 7) is 2.25. The molecule has 2 amide bonds. The Hall–Kier alpha value is -2.41. The smallest absolute Gasteiger partial charge is 0.332 e. The quantitative estimate of drug-likeness (QED) is 0.875. The number of nitrogens with one attached hydrogen (secondary N) is 1. The molecule has 7 nitrogen and oxygen atoms in total. The molecule has 7 heteroatoms. The number of carboxylic acid groups (broad SMARTS) is 1. The van der Waals surface area contributed by atoms with Gasteiger partial charge in [0.15, 0.2) is 6.10 Å². The predicted octanol–water partition coefficient (Wildman–Crippen LogP) is 1.56. The second-order valence-electron chi connectivity index (χ2n) is 6.14. The number of aliphatic carboxylic acids is 1. The number of carbonyl (C=O) groups excluding carboxylic acids is 2. The van der Waals surface area contributed by atoms with Gasteiger partial charge in [-0.15, -0.1) is 0 Å². The number of carbonyl (C=O) groups is 3. The van der Waals surface area contributed by atoms with Crippen molar-refractivity contribution in [2.45, 2.75) is 44.8 Å². The Morgan fingerprint density at radius 1 is 1.25 bits per heavy atom. The van der Waals surface area contributed by atoms with Crippen LogP contribution in [0.3, 0.4) is 0 Å². The van der Waals surface area contributed by atoms with Gasteiger partial charge in [-0.2, -0.15) is 0 Å². The Kier molecular flexibility index (Phi) is 4.53. The van der Waals surface area contributed by atoms with Crippen molar-refractivity contribution in [1.82, 2.24) is 0 Å². The number of hydrogen-bond donors (Lipinski definition) is 2. The Morgan fingerprint density at radius 3 is 2.67 bits per heavy atom. The van der Waals surface area contributed by atoms with Crippen LogP contribution in [0.2, 0.25) is 0 Å². The number of benzene rings is 1. The molecule has 2 heterocycles. The molecule has 3 rings (SSSR count). The van der Waals surface area contributed by atoms with E-state index in [4.69, 9.17) is 9.84 Å². The monoisotopic (exact) mass is 332 g/mol. The Balaban J connectivity index is 1.69. The van der Waals surface area contributed by atoms with E-state index < -0.39 is 18.2 Å². The minimum Gasteiger partial charge on any atom is -0.479 e. The highest BCUT2D eigenvalue weighted by atomic mass is 16.5. The number of nitrogens with zero attached hydrogens (tertiary/aromatic N) is 1.